The van der Waals surface area contributed by atoms with E-state index in [1.54, 1.807) is 24.3 Å². The molecule has 0 atom stereocenters. The van der Waals surface area contributed by atoms with Gasteiger partial charge in [-0.15, -0.1) is 0 Å². The number of rotatable bonds is 8. The first-order valence-electron chi connectivity index (χ1n) is 7.31. The van der Waals surface area contributed by atoms with Gasteiger partial charge in [0.25, 0.3) is 5.91 Å². The highest BCUT2D eigenvalue weighted by Crippen LogP contribution is 2.28. The molecule has 1 amide bonds. The van der Waals surface area contributed by atoms with Crippen molar-refractivity contribution in [3.05, 3.63) is 53.1 Å². The Morgan fingerprint density at radius 2 is 1.96 bits per heavy atom. The van der Waals surface area contributed by atoms with Crippen molar-refractivity contribution in [2.45, 2.75) is 6.61 Å². The van der Waals surface area contributed by atoms with Crippen LogP contribution in [0.5, 0.6) is 17.2 Å². The highest BCUT2D eigenvalue weighted by molar-refractivity contribution is 6.30. The van der Waals surface area contributed by atoms with Crippen LogP contribution in [-0.2, 0) is 4.79 Å². The van der Waals surface area contributed by atoms with E-state index < -0.39 is 12.5 Å². The molecule has 0 unspecified atom stereocenters. The Bertz CT molecular complexity index is 770. The molecule has 1 N–H and O–H groups in total. The predicted octanol–water partition coefficient (Wildman–Crippen LogP) is 3.48. The van der Waals surface area contributed by atoms with Crippen LogP contribution in [0, 0.1) is 0 Å². The maximum absolute atomic E-state index is 12.3. The van der Waals surface area contributed by atoms with Crippen LogP contribution in [0.25, 0.3) is 0 Å². The number of nitrogens with one attached hydrogen (secondary N) is 1. The van der Waals surface area contributed by atoms with E-state index >= 15 is 0 Å². The fourth-order valence-electron chi connectivity index (χ4n) is 1.85. The molecule has 9 heteroatoms. The normalized spacial score (nSPS) is 10.8. The van der Waals surface area contributed by atoms with E-state index in [4.69, 9.17) is 21.1 Å². The molecule has 0 aromatic heterocycles. The number of carbonyl (C=O) groups excluding carboxylic acids is 1. The zero-order valence-electron chi connectivity index (χ0n) is 13.6. The number of hydrogen-bond donors (Lipinski definition) is 1. The second-order valence-corrected chi connectivity index (χ2v) is 5.26. The largest absolute Gasteiger partial charge is 0.493 e. The average molecular weight is 385 g/mol. The molecule has 0 aliphatic rings. The van der Waals surface area contributed by atoms with Gasteiger partial charge in [-0.3, -0.25) is 4.79 Å². The molecule has 0 bridgehead atoms. The molecule has 0 aliphatic heterocycles. The van der Waals surface area contributed by atoms with Crippen LogP contribution in [-0.4, -0.2) is 32.4 Å². The fourth-order valence-corrected chi connectivity index (χ4v) is 1.97. The molecule has 26 heavy (non-hydrogen) atoms. The van der Waals surface area contributed by atoms with Gasteiger partial charge in [-0.25, -0.2) is 5.43 Å². The second kappa shape index (κ2) is 9.57. The summed E-state index contributed by atoms with van der Waals surface area (Å²) < 4.78 is 39.1. The van der Waals surface area contributed by atoms with E-state index in [0.717, 1.165) is 0 Å². The van der Waals surface area contributed by atoms with Gasteiger partial charge in [0.05, 0.1) is 13.3 Å². The summed E-state index contributed by atoms with van der Waals surface area (Å²) in [6.45, 7) is -3.19. The Labute approximate surface area is 153 Å². The summed E-state index contributed by atoms with van der Waals surface area (Å²) in [6.07, 6.45) is 1.33. The van der Waals surface area contributed by atoms with Crippen LogP contribution in [0.2, 0.25) is 5.02 Å². The summed E-state index contributed by atoms with van der Waals surface area (Å²) in [6, 6.07) is 10.8. The summed E-state index contributed by atoms with van der Waals surface area (Å²) in [4.78, 5) is 11.7. The van der Waals surface area contributed by atoms with Gasteiger partial charge in [0, 0.05) is 5.02 Å². The summed E-state index contributed by atoms with van der Waals surface area (Å²) >= 11 is 5.75. The monoisotopic (exact) mass is 384 g/mol. The highest BCUT2D eigenvalue weighted by atomic mass is 35.5. The summed E-state index contributed by atoms with van der Waals surface area (Å²) in [5, 5.41) is 4.33. The molecule has 2 aromatic carbocycles. The van der Waals surface area contributed by atoms with Gasteiger partial charge in [0.1, 0.15) is 5.75 Å². The average Bonchev–Trinajstić information content (AvgIpc) is 2.62. The molecule has 2 rings (SSSR count). The lowest BCUT2D eigenvalue weighted by atomic mass is 10.2. The van der Waals surface area contributed by atoms with Crippen molar-refractivity contribution < 1.29 is 27.8 Å². The van der Waals surface area contributed by atoms with Gasteiger partial charge >= 0.3 is 6.61 Å². The highest BCUT2D eigenvalue weighted by Gasteiger charge is 2.10. The quantitative estimate of drug-likeness (QED) is 0.559. The number of methoxy groups -OCH3 is 1. The molecule has 0 radical (unpaired) electrons. The Balaban J connectivity index is 1.86. The number of amides is 1. The van der Waals surface area contributed by atoms with Crippen molar-refractivity contribution in [3.63, 3.8) is 0 Å². The minimum Gasteiger partial charge on any atom is -0.493 e. The van der Waals surface area contributed by atoms with Gasteiger partial charge in [0.2, 0.25) is 0 Å². The van der Waals surface area contributed by atoms with Crippen LogP contribution >= 0.6 is 11.6 Å². The Morgan fingerprint density at radius 3 is 2.62 bits per heavy atom. The van der Waals surface area contributed by atoms with E-state index in [0.29, 0.717) is 16.3 Å². The maximum Gasteiger partial charge on any atom is 0.387 e. The van der Waals surface area contributed by atoms with E-state index in [1.165, 1.54) is 31.5 Å². The molecular weight excluding hydrogens is 370 g/mol. The molecule has 0 spiro atoms. The Kier molecular flexibility index (Phi) is 7.16. The van der Waals surface area contributed by atoms with Crippen LogP contribution in [0.1, 0.15) is 5.56 Å². The number of ether oxygens (including phenoxy) is 3. The summed E-state index contributed by atoms with van der Waals surface area (Å²) in [7, 11) is 1.32. The van der Waals surface area contributed by atoms with E-state index in [2.05, 4.69) is 15.3 Å². The number of alkyl halides is 2. The lowest BCUT2D eigenvalue weighted by molar-refractivity contribution is -0.123. The molecule has 6 nitrogen and oxygen atoms in total. The van der Waals surface area contributed by atoms with E-state index in [9.17, 15) is 13.6 Å². The minimum atomic E-state index is -2.96. The molecule has 0 saturated carbocycles. The topological polar surface area (TPSA) is 69.2 Å². The Hall–Kier alpha value is -2.87. The molecule has 0 aliphatic carbocycles. The van der Waals surface area contributed by atoms with Crippen LogP contribution < -0.4 is 19.6 Å². The smallest absolute Gasteiger partial charge is 0.387 e. The lowest BCUT2D eigenvalue weighted by Gasteiger charge is -2.10. The molecule has 138 valence electrons. The second-order valence-electron chi connectivity index (χ2n) is 4.82. The van der Waals surface area contributed by atoms with Gasteiger partial charge in [0.15, 0.2) is 18.1 Å². The standard InChI is InChI=1S/C17H15ClF2N2O4/c1-24-15-8-11(2-7-14(15)26-17(19)20)9-21-22-16(23)10-25-13-5-3-12(18)4-6-13/h2-9,17H,10H2,1H3,(H,22,23)/b21-9-. The number of carbonyl (C=O) groups is 1. The van der Waals surface area contributed by atoms with Crippen LogP contribution in [0.4, 0.5) is 8.78 Å². The van der Waals surface area contributed by atoms with Gasteiger partial charge in [-0.2, -0.15) is 13.9 Å². The first-order chi connectivity index (χ1) is 12.5. The Morgan fingerprint density at radius 1 is 1.23 bits per heavy atom. The number of nitrogens with zero attached hydrogens (tertiary/aromatic N) is 1. The third kappa shape index (κ3) is 6.21. The van der Waals surface area contributed by atoms with Crippen molar-refractivity contribution in [3.8, 4) is 17.2 Å². The molecular formula is C17H15ClF2N2O4. The summed E-state index contributed by atoms with van der Waals surface area (Å²) in [5.41, 5.74) is 2.80. The fraction of sp³-hybridized carbons (Fsp3) is 0.176. The summed E-state index contributed by atoms with van der Waals surface area (Å²) in [5.74, 6) is 0.0420. The molecule has 0 fully saturated rings. The molecule has 2 aromatic rings. The van der Waals surface area contributed by atoms with Crippen molar-refractivity contribution in [2.24, 2.45) is 5.10 Å². The van der Waals surface area contributed by atoms with Crippen molar-refractivity contribution in [1.82, 2.24) is 5.43 Å². The van der Waals surface area contributed by atoms with Crippen molar-refractivity contribution >= 4 is 23.7 Å². The van der Waals surface area contributed by atoms with Gasteiger partial charge in [-0.1, -0.05) is 11.6 Å². The van der Waals surface area contributed by atoms with Crippen LogP contribution in [0.15, 0.2) is 47.6 Å². The van der Waals surface area contributed by atoms with Gasteiger partial charge in [-0.05, 0) is 48.0 Å². The lowest BCUT2D eigenvalue weighted by Crippen LogP contribution is -2.24. The van der Waals surface area contributed by atoms with E-state index in [1.807, 2.05) is 0 Å². The first kappa shape index (κ1) is 19.5. The van der Waals surface area contributed by atoms with Gasteiger partial charge < -0.3 is 14.2 Å². The number of hydrogen-bond acceptors (Lipinski definition) is 5. The number of benzene rings is 2. The molecule has 0 saturated heterocycles. The maximum atomic E-state index is 12.3. The van der Waals surface area contributed by atoms with Crippen molar-refractivity contribution in [2.75, 3.05) is 13.7 Å². The van der Waals surface area contributed by atoms with E-state index in [-0.39, 0.29) is 18.1 Å². The predicted molar refractivity (Wildman–Crippen MR) is 92.3 cm³/mol. The molecule has 0 heterocycles. The first-order valence-corrected chi connectivity index (χ1v) is 7.69. The van der Waals surface area contributed by atoms with Crippen LogP contribution in [0.3, 0.4) is 0 Å². The number of hydrazone groups is 1. The zero-order chi connectivity index (χ0) is 18.9. The SMILES string of the molecule is COc1cc(/C=N\NC(=O)COc2ccc(Cl)cc2)ccc1OC(F)F. The third-order valence-corrected chi connectivity index (χ3v) is 3.24. The number of halogens is 3. The zero-order valence-corrected chi connectivity index (χ0v) is 14.4. The minimum absolute atomic E-state index is 0.0972. The third-order valence-electron chi connectivity index (χ3n) is 2.99. The van der Waals surface area contributed by atoms with Crippen molar-refractivity contribution in [1.29, 1.82) is 0 Å².